The molecule has 1 aromatic heterocycles. The molecule has 2 rings (SSSR count). The highest BCUT2D eigenvalue weighted by atomic mass is 79.9. The van der Waals surface area contributed by atoms with Crippen LogP contribution in [0.15, 0.2) is 15.9 Å². The van der Waals surface area contributed by atoms with Gasteiger partial charge in [0.05, 0.1) is 6.04 Å². The molecule has 1 aliphatic rings. The lowest BCUT2D eigenvalue weighted by atomic mass is 10.1. The Labute approximate surface area is 105 Å². The van der Waals surface area contributed by atoms with Crippen LogP contribution in [0.2, 0.25) is 0 Å². The van der Waals surface area contributed by atoms with E-state index >= 15 is 0 Å². The second-order valence-electron chi connectivity index (χ2n) is 4.50. The highest BCUT2D eigenvalue weighted by Gasteiger charge is 2.32. The van der Waals surface area contributed by atoms with E-state index in [1.54, 1.807) is 11.3 Å². The van der Waals surface area contributed by atoms with Crippen LogP contribution >= 0.6 is 27.3 Å². The van der Waals surface area contributed by atoms with E-state index in [9.17, 15) is 4.21 Å². The fourth-order valence-corrected chi connectivity index (χ4v) is 5.11. The molecular formula is C10H14BrNOS2. The summed E-state index contributed by atoms with van der Waals surface area (Å²) < 4.78 is 12.8. The van der Waals surface area contributed by atoms with E-state index in [-0.39, 0.29) is 11.6 Å². The Morgan fingerprint density at radius 2 is 2.40 bits per heavy atom. The number of hydrogen-bond acceptors (Lipinski definition) is 3. The predicted octanol–water partition coefficient (Wildman–Crippen LogP) is 2.68. The Balaban J connectivity index is 2.19. The number of hydrogen-bond donors (Lipinski definition) is 1. The molecular weight excluding hydrogens is 294 g/mol. The van der Waals surface area contributed by atoms with Crippen LogP contribution in [-0.4, -0.2) is 21.3 Å². The standard InChI is InChI=1S/C10H14BrNOS2/c1-10(2)6-15(13)5-8(12-10)9-3-7(11)4-14-9/h3-4,8,12H,5-6H2,1-2H3. The molecule has 0 bridgehead atoms. The van der Waals surface area contributed by atoms with Crippen molar-refractivity contribution in [3.63, 3.8) is 0 Å². The van der Waals surface area contributed by atoms with Crippen LogP contribution in [0.4, 0.5) is 0 Å². The van der Waals surface area contributed by atoms with Gasteiger partial charge in [-0.15, -0.1) is 11.3 Å². The van der Waals surface area contributed by atoms with E-state index in [2.05, 4.69) is 46.5 Å². The van der Waals surface area contributed by atoms with Gasteiger partial charge in [0.15, 0.2) is 0 Å². The molecule has 0 radical (unpaired) electrons. The summed E-state index contributed by atoms with van der Waals surface area (Å²) in [5.74, 6) is 1.48. The molecule has 1 aliphatic heterocycles. The maximum absolute atomic E-state index is 11.7. The first-order valence-corrected chi connectivity index (χ1v) is 7.99. The molecule has 1 aromatic rings. The van der Waals surface area contributed by atoms with Crippen LogP contribution < -0.4 is 5.32 Å². The van der Waals surface area contributed by atoms with Crippen LogP contribution in [-0.2, 0) is 10.8 Å². The van der Waals surface area contributed by atoms with Crippen molar-refractivity contribution < 1.29 is 4.21 Å². The lowest BCUT2D eigenvalue weighted by Gasteiger charge is -2.36. The zero-order valence-corrected chi connectivity index (χ0v) is 12.0. The van der Waals surface area contributed by atoms with Crippen molar-refractivity contribution in [1.29, 1.82) is 0 Å². The Bertz CT molecular complexity index is 389. The Morgan fingerprint density at radius 3 is 2.93 bits per heavy atom. The first kappa shape index (κ1) is 11.8. The largest absolute Gasteiger partial charge is 0.303 e. The van der Waals surface area contributed by atoms with Crippen LogP contribution in [0, 0.1) is 0 Å². The zero-order chi connectivity index (χ0) is 11.1. The topological polar surface area (TPSA) is 29.1 Å². The molecule has 2 atom stereocenters. The predicted molar refractivity (Wildman–Crippen MR) is 69.9 cm³/mol. The van der Waals surface area contributed by atoms with E-state index < -0.39 is 10.8 Å². The fraction of sp³-hybridized carbons (Fsp3) is 0.600. The monoisotopic (exact) mass is 307 g/mol. The van der Waals surface area contributed by atoms with Gasteiger partial charge in [-0.05, 0) is 35.8 Å². The van der Waals surface area contributed by atoms with Crippen LogP contribution in [0.1, 0.15) is 24.8 Å². The highest BCUT2D eigenvalue weighted by molar-refractivity contribution is 9.10. The third kappa shape index (κ3) is 2.90. The summed E-state index contributed by atoms with van der Waals surface area (Å²) in [4.78, 5) is 1.27. The molecule has 2 unspecified atom stereocenters. The molecule has 5 heteroatoms. The van der Waals surface area contributed by atoms with Crippen LogP contribution in [0.3, 0.4) is 0 Å². The third-order valence-electron chi connectivity index (χ3n) is 2.37. The van der Waals surface area contributed by atoms with Crippen LogP contribution in [0.5, 0.6) is 0 Å². The summed E-state index contributed by atoms with van der Waals surface area (Å²) in [6.45, 7) is 4.22. The molecule has 0 spiro atoms. The molecule has 1 saturated heterocycles. The molecule has 2 heterocycles. The Hall–Kier alpha value is 0.290. The molecule has 0 saturated carbocycles. The molecule has 0 aliphatic carbocycles. The van der Waals surface area contributed by atoms with Gasteiger partial charge in [-0.1, -0.05) is 0 Å². The summed E-state index contributed by atoms with van der Waals surface area (Å²) >= 11 is 5.16. The first-order chi connectivity index (χ1) is 6.96. The number of halogens is 1. The molecule has 84 valence electrons. The maximum Gasteiger partial charge on any atom is 0.0536 e. The molecule has 15 heavy (non-hydrogen) atoms. The van der Waals surface area contributed by atoms with Gasteiger partial charge in [-0.2, -0.15) is 0 Å². The van der Waals surface area contributed by atoms with Gasteiger partial charge in [0.2, 0.25) is 0 Å². The van der Waals surface area contributed by atoms with Crippen molar-refractivity contribution in [3.05, 3.63) is 20.8 Å². The fourth-order valence-electron chi connectivity index (χ4n) is 1.87. The summed E-state index contributed by atoms with van der Waals surface area (Å²) in [7, 11) is -0.702. The zero-order valence-electron chi connectivity index (χ0n) is 8.75. The Morgan fingerprint density at radius 1 is 1.67 bits per heavy atom. The van der Waals surface area contributed by atoms with Crippen molar-refractivity contribution in [2.75, 3.05) is 11.5 Å². The number of thiophene rings is 1. The average Bonchev–Trinajstić information content (AvgIpc) is 2.48. The van der Waals surface area contributed by atoms with E-state index in [1.165, 1.54) is 4.88 Å². The van der Waals surface area contributed by atoms with Gasteiger partial charge in [-0.25, -0.2) is 0 Å². The summed E-state index contributed by atoms with van der Waals surface area (Å²) in [6, 6.07) is 2.35. The van der Waals surface area contributed by atoms with Crippen molar-refractivity contribution in [2.45, 2.75) is 25.4 Å². The molecule has 0 aromatic carbocycles. The lowest BCUT2D eigenvalue weighted by Crippen LogP contribution is -2.52. The first-order valence-electron chi connectivity index (χ1n) is 4.83. The normalized spacial score (nSPS) is 30.3. The summed E-state index contributed by atoms with van der Waals surface area (Å²) in [5.41, 5.74) is -0.0236. The maximum atomic E-state index is 11.7. The second kappa shape index (κ2) is 4.28. The SMILES string of the molecule is CC1(C)CS(=O)CC(c2cc(Br)cs2)N1. The smallest absolute Gasteiger partial charge is 0.0536 e. The highest BCUT2D eigenvalue weighted by Crippen LogP contribution is 2.30. The van der Waals surface area contributed by atoms with Crippen molar-refractivity contribution in [1.82, 2.24) is 5.32 Å². The second-order valence-corrected chi connectivity index (χ2v) is 7.86. The minimum absolute atomic E-state index is 0.0236. The molecule has 0 amide bonds. The summed E-state index contributed by atoms with van der Waals surface area (Å²) in [5, 5.41) is 5.62. The van der Waals surface area contributed by atoms with Gasteiger partial charge in [0, 0.05) is 42.6 Å². The van der Waals surface area contributed by atoms with Crippen molar-refractivity contribution in [3.8, 4) is 0 Å². The van der Waals surface area contributed by atoms with Crippen molar-refractivity contribution >= 4 is 38.1 Å². The average molecular weight is 308 g/mol. The van der Waals surface area contributed by atoms with Crippen molar-refractivity contribution in [2.24, 2.45) is 0 Å². The van der Waals surface area contributed by atoms with Gasteiger partial charge in [0.25, 0.3) is 0 Å². The van der Waals surface area contributed by atoms with E-state index in [1.807, 2.05) is 0 Å². The lowest BCUT2D eigenvalue weighted by molar-refractivity contribution is 0.372. The van der Waals surface area contributed by atoms with Crippen LogP contribution in [0.25, 0.3) is 0 Å². The minimum atomic E-state index is -0.702. The van der Waals surface area contributed by atoms with E-state index in [4.69, 9.17) is 0 Å². The summed E-state index contributed by atoms with van der Waals surface area (Å²) in [6.07, 6.45) is 0. The van der Waals surface area contributed by atoms with Gasteiger partial charge < -0.3 is 5.32 Å². The molecule has 2 nitrogen and oxygen atoms in total. The van der Waals surface area contributed by atoms with E-state index in [0.29, 0.717) is 0 Å². The van der Waals surface area contributed by atoms with Gasteiger partial charge >= 0.3 is 0 Å². The third-order valence-corrected chi connectivity index (χ3v) is 5.93. The minimum Gasteiger partial charge on any atom is -0.303 e. The Kier molecular flexibility index (Phi) is 3.36. The molecule has 1 N–H and O–H groups in total. The number of nitrogens with one attached hydrogen (secondary N) is 1. The molecule has 1 fully saturated rings. The van der Waals surface area contributed by atoms with E-state index in [0.717, 1.165) is 16.0 Å². The van der Waals surface area contributed by atoms with Gasteiger partial charge in [0.1, 0.15) is 0 Å². The quantitative estimate of drug-likeness (QED) is 0.864. The number of rotatable bonds is 1. The van der Waals surface area contributed by atoms with Gasteiger partial charge in [-0.3, -0.25) is 4.21 Å².